The maximum atomic E-state index is 3.64. The first-order valence-electron chi connectivity index (χ1n) is 8.61. The lowest BCUT2D eigenvalue weighted by atomic mass is 10.0. The second-order valence-electron chi connectivity index (χ2n) is 6.51. The number of anilines is 1. The van der Waals surface area contributed by atoms with Crippen LogP contribution in [0.5, 0.6) is 0 Å². The van der Waals surface area contributed by atoms with E-state index in [0.717, 1.165) is 12.6 Å². The quantitative estimate of drug-likeness (QED) is 0.898. The van der Waals surface area contributed by atoms with Gasteiger partial charge >= 0.3 is 0 Å². The zero-order chi connectivity index (χ0) is 14.7. The highest BCUT2D eigenvalue weighted by molar-refractivity contribution is 5.55. The second kappa shape index (κ2) is 6.80. The summed E-state index contributed by atoms with van der Waals surface area (Å²) < 4.78 is 0. The van der Waals surface area contributed by atoms with Crippen molar-refractivity contribution in [1.82, 2.24) is 10.2 Å². The van der Waals surface area contributed by atoms with Crippen LogP contribution in [0.4, 0.5) is 5.69 Å². The van der Waals surface area contributed by atoms with Crippen molar-refractivity contribution in [2.75, 3.05) is 37.6 Å². The van der Waals surface area contributed by atoms with Crippen LogP contribution in [0.15, 0.2) is 24.3 Å². The van der Waals surface area contributed by atoms with Gasteiger partial charge in [0.1, 0.15) is 0 Å². The first-order valence-corrected chi connectivity index (χ1v) is 8.61. The van der Waals surface area contributed by atoms with Crippen LogP contribution >= 0.6 is 0 Å². The standard InChI is InChI=1S/C18H29N3/c1-3-10-19-15(2)17-8-4-5-9-18(17)21-13-12-20-11-6-7-16(20)14-21/h4-5,8-9,15-16,19H,3,6-7,10-14H2,1-2H3. The van der Waals surface area contributed by atoms with Gasteiger partial charge in [-0.2, -0.15) is 0 Å². The molecule has 2 heterocycles. The molecule has 0 radical (unpaired) electrons. The molecule has 2 aliphatic heterocycles. The van der Waals surface area contributed by atoms with Gasteiger partial charge in [0, 0.05) is 37.4 Å². The molecule has 2 atom stereocenters. The molecular formula is C18H29N3. The van der Waals surface area contributed by atoms with E-state index in [1.54, 1.807) is 0 Å². The Morgan fingerprint density at radius 2 is 2.10 bits per heavy atom. The van der Waals surface area contributed by atoms with Crippen LogP contribution in [0, 0.1) is 0 Å². The SMILES string of the molecule is CCCNC(C)c1ccccc1N1CCN2CCCC2C1. The van der Waals surface area contributed by atoms with Crippen molar-refractivity contribution in [3.05, 3.63) is 29.8 Å². The number of fused-ring (bicyclic) bond motifs is 1. The van der Waals surface area contributed by atoms with E-state index < -0.39 is 0 Å². The maximum Gasteiger partial charge on any atom is 0.0415 e. The van der Waals surface area contributed by atoms with Crippen molar-refractivity contribution in [3.63, 3.8) is 0 Å². The smallest absolute Gasteiger partial charge is 0.0415 e. The van der Waals surface area contributed by atoms with Crippen LogP contribution in [0.3, 0.4) is 0 Å². The van der Waals surface area contributed by atoms with Gasteiger partial charge in [-0.1, -0.05) is 25.1 Å². The minimum Gasteiger partial charge on any atom is -0.368 e. The predicted octanol–water partition coefficient (Wildman–Crippen LogP) is 3.03. The Balaban J connectivity index is 1.75. The number of piperazine rings is 1. The predicted molar refractivity (Wildman–Crippen MR) is 90.0 cm³/mol. The Hall–Kier alpha value is -1.06. The topological polar surface area (TPSA) is 18.5 Å². The molecule has 3 rings (SSSR count). The van der Waals surface area contributed by atoms with Crippen molar-refractivity contribution < 1.29 is 0 Å². The Morgan fingerprint density at radius 3 is 2.95 bits per heavy atom. The van der Waals surface area contributed by atoms with Crippen LogP contribution < -0.4 is 10.2 Å². The first-order chi connectivity index (χ1) is 10.3. The van der Waals surface area contributed by atoms with Crippen LogP contribution in [0.2, 0.25) is 0 Å². The summed E-state index contributed by atoms with van der Waals surface area (Å²) >= 11 is 0. The van der Waals surface area contributed by atoms with Gasteiger partial charge in [-0.3, -0.25) is 4.90 Å². The monoisotopic (exact) mass is 287 g/mol. The number of nitrogens with zero attached hydrogens (tertiary/aromatic N) is 2. The van der Waals surface area contributed by atoms with Gasteiger partial charge in [-0.25, -0.2) is 0 Å². The average Bonchev–Trinajstić information content (AvgIpc) is 3.00. The summed E-state index contributed by atoms with van der Waals surface area (Å²) in [7, 11) is 0. The van der Waals surface area contributed by atoms with Gasteiger partial charge in [0.05, 0.1) is 0 Å². The Labute approximate surface area is 129 Å². The molecule has 2 aliphatic rings. The number of rotatable bonds is 5. The number of hydrogen-bond donors (Lipinski definition) is 1. The highest BCUT2D eigenvalue weighted by Crippen LogP contribution is 2.30. The summed E-state index contributed by atoms with van der Waals surface area (Å²) in [4.78, 5) is 5.30. The van der Waals surface area contributed by atoms with E-state index in [0.29, 0.717) is 6.04 Å². The molecule has 2 saturated heterocycles. The molecule has 21 heavy (non-hydrogen) atoms. The molecule has 1 N–H and O–H groups in total. The van der Waals surface area contributed by atoms with Crippen molar-refractivity contribution in [2.45, 2.75) is 45.2 Å². The van der Waals surface area contributed by atoms with Gasteiger partial charge in [-0.15, -0.1) is 0 Å². The lowest BCUT2D eigenvalue weighted by Gasteiger charge is -2.40. The molecule has 116 valence electrons. The summed E-state index contributed by atoms with van der Waals surface area (Å²) in [5.74, 6) is 0. The normalized spacial score (nSPS) is 24.1. The zero-order valence-electron chi connectivity index (χ0n) is 13.5. The first kappa shape index (κ1) is 14.9. The molecule has 1 aromatic carbocycles. The fourth-order valence-corrected chi connectivity index (χ4v) is 3.82. The van der Waals surface area contributed by atoms with E-state index >= 15 is 0 Å². The van der Waals surface area contributed by atoms with E-state index in [9.17, 15) is 0 Å². The van der Waals surface area contributed by atoms with E-state index in [-0.39, 0.29) is 0 Å². The van der Waals surface area contributed by atoms with E-state index in [1.165, 1.54) is 56.7 Å². The molecule has 0 saturated carbocycles. The molecule has 0 bridgehead atoms. The van der Waals surface area contributed by atoms with Gasteiger partial charge in [-0.05, 0) is 50.9 Å². The molecule has 0 amide bonds. The second-order valence-corrected chi connectivity index (χ2v) is 6.51. The van der Waals surface area contributed by atoms with Crippen LogP contribution in [-0.2, 0) is 0 Å². The summed E-state index contributed by atoms with van der Waals surface area (Å²) in [6.07, 6.45) is 3.95. The molecule has 3 heteroatoms. The van der Waals surface area contributed by atoms with Crippen LogP contribution in [0.25, 0.3) is 0 Å². The minimum absolute atomic E-state index is 0.433. The summed E-state index contributed by atoms with van der Waals surface area (Å²) in [6, 6.07) is 10.2. The molecule has 0 spiro atoms. The molecule has 0 aromatic heterocycles. The Morgan fingerprint density at radius 1 is 1.24 bits per heavy atom. The lowest BCUT2D eigenvalue weighted by Crippen LogP contribution is -2.50. The summed E-state index contributed by atoms with van der Waals surface area (Å²) in [5.41, 5.74) is 2.90. The summed E-state index contributed by atoms with van der Waals surface area (Å²) in [6.45, 7) is 10.5. The van der Waals surface area contributed by atoms with Crippen molar-refractivity contribution in [1.29, 1.82) is 0 Å². The highest BCUT2D eigenvalue weighted by Gasteiger charge is 2.31. The molecule has 2 unspecified atom stereocenters. The number of nitrogens with one attached hydrogen (secondary N) is 1. The molecule has 0 aliphatic carbocycles. The fraction of sp³-hybridized carbons (Fsp3) is 0.667. The van der Waals surface area contributed by atoms with Gasteiger partial charge in [0.15, 0.2) is 0 Å². The largest absolute Gasteiger partial charge is 0.368 e. The van der Waals surface area contributed by atoms with Gasteiger partial charge in [0.2, 0.25) is 0 Å². The Kier molecular flexibility index (Phi) is 4.81. The van der Waals surface area contributed by atoms with E-state index in [1.807, 2.05) is 0 Å². The third kappa shape index (κ3) is 3.24. The zero-order valence-corrected chi connectivity index (χ0v) is 13.5. The fourth-order valence-electron chi connectivity index (χ4n) is 3.82. The van der Waals surface area contributed by atoms with Crippen molar-refractivity contribution in [2.24, 2.45) is 0 Å². The number of para-hydroxylation sites is 1. The highest BCUT2D eigenvalue weighted by atomic mass is 15.3. The Bertz CT molecular complexity index is 460. The number of hydrogen-bond acceptors (Lipinski definition) is 3. The van der Waals surface area contributed by atoms with Crippen LogP contribution in [-0.4, -0.2) is 43.7 Å². The van der Waals surface area contributed by atoms with Crippen LogP contribution in [0.1, 0.15) is 44.7 Å². The third-order valence-corrected chi connectivity index (χ3v) is 5.03. The summed E-state index contributed by atoms with van der Waals surface area (Å²) in [5, 5.41) is 3.64. The molecular weight excluding hydrogens is 258 g/mol. The van der Waals surface area contributed by atoms with E-state index in [4.69, 9.17) is 0 Å². The van der Waals surface area contributed by atoms with Crippen molar-refractivity contribution >= 4 is 5.69 Å². The lowest BCUT2D eigenvalue weighted by molar-refractivity contribution is 0.230. The average molecular weight is 287 g/mol. The third-order valence-electron chi connectivity index (χ3n) is 5.03. The van der Waals surface area contributed by atoms with Crippen molar-refractivity contribution in [3.8, 4) is 0 Å². The maximum absolute atomic E-state index is 3.64. The molecule has 1 aromatic rings. The van der Waals surface area contributed by atoms with E-state index in [2.05, 4.69) is 53.2 Å². The number of benzene rings is 1. The molecule has 2 fully saturated rings. The van der Waals surface area contributed by atoms with Gasteiger partial charge in [0.25, 0.3) is 0 Å². The molecule has 3 nitrogen and oxygen atoms in total. The minimum atomic E-state index is 0.433. The van der Waals surface area contributed by atoms with Gasteiger partial charge < -0.3 is 10.2 Å².